The normalized spacial score (nSPS) is 14.0. The lowest BCUT2D eigenvalue weighted by Gasteiger charge is -2.20. The molecule has 1 N–H and O–H groups in total. The molecule has 2 aromatic carbocycles. The molecule has 188 valence electrons. The molecular weight excluding hydrogens is 486 g/mol. The Labute approximate surface area is 221 Å². The predicted octanol–water partition coefficient (Wildman–Crippen LogP) is 5.94. The van der Waals surface area contributed by atoms with Gasteiger partial charge in [-0.05, 0) is 66.9 Å². The highest BCUT2D eigenvalue weighted by atomic mass is 35.5. The third kappa shape index (κ3) is 4.85. The van der Waals surface area contributed by atoms with Gasteiger partial charge < -0.3 is 14.8 Å². The van der Waals surface area contributed by atoms with E-state index in [9.17, 15) is 4.79 Å². The molecule has 0 radical (unpaired) electrons. The van der Waals surface area contributed by atoms with E-state index < -0.39 is 0 Å². The second-order valence-corrected chi connectivity index (χ2v) is 9.11. The Hall–Kier alpha value is -4.03. The van der Waals surface area contributed by atoms with Gasteiger partial charge in [-0.1, -0.05) is 24.3 Å². The van der Waals surface area contributed by atoms with Crippen molar-refractivity contribution in [2.75, 3.05) is 24.9 Å². The van der Waals surface area contributed by atoms with Crippen LogP contribution in [0.2, 0.25) is 0 Å². The summed E-state index contributed by atoms with van der Waals surface area (Å²) < 4.78 is 15.8. The monoisotopic (exact) mass is 514 g/mol. The van der Waals surface area contributed by atoms with E-state index in [1.54, 1.807) is 7.11 Å². The Bertz CT molecular complexity index is 1480. The Morgan fingerprint density at radius 1 is 1.14 bits per heavy atom. The van der Waals surface area contributed by atoms with Crippen LogP contribution in [0.5, 0.6) is 11.5 Å². The highest BCUT2D eigenvalue weighted by Crippen LogP contribution is 2.38. The smallest absolute Gasteiger partial charge is 0.239 e. The summed E-state index contributed by atoms with van der Waals surface area (Å²) in [4.78, 5) is 11.7. The maximum Gasteiger partial charge on any atom is 0.239 e. The lowest BCUT2D eigenvalue weighted by molar-refractivity contribution is -0.500. The summed E-state index contributed by atoms with van der Waals surface area (Å²) in [6.07, 6.45) is 10.6. The molecule has 0 fully saturated rings. The number of aryl methyl sites for hydroxylation is 1. The van der Waals surface area contributed by atoms with E-state index in [0.29, 0.717) is 6.61 Å². The van der Waals surface area contributed by atoms with Gasteiger partial charge in [0.05, 0.1) is 25.0 Å². The number of carbonyl (C=O) groups is 1. The number of aromatic nitrogens is 1. The van der Waals surface area contributed by atoms with E-state index in [-0.39, 0.29) is 11.8 Å². The number of rotatable bonds is 8. The SMILES string of the molecule is CCOc1cc(/C=C/c2cc(C)c3n2C[N+]2=CC=CC2=C3c2ccc(NC(=O)CCl)cc2)ccc1OC. The zero-order chi connectivity index (χ0) is 25.9. The topological polar surface area (TPSA) is 55.5 Å². The van der Waals surface area contributed by atoms with Crippen LogP contribution in [-0.4, -0.2) is 40.9 Å². The van der Waals surface area contributed by atoms with Gasteiger partial charge in [-0.15, -0.1) is 11.6 Å². The molecule has 6 nitrogen and oxygen atoms in total. The van der Waals surface area contributed by atoms with Gasteiger partial charge in [0.15, 0.2) is 17.7 Å². The average molecular weight is 515 g/mol. The van der Waals surface area contributed by atoms with E-state index in [4.69, 9.17) is 21.1 Å². The number of amides is 1. The number of hydrogen-bond acceptors (Lipinski definition) is 3. The van der Waals surface area contributed by atoms with Crippen molar-refractivity contribution < 1.29 is 18.8 Å². The number of allylic oxidation sites excluding steroid dienone is 2. The molecule has 0 spiro atoms. The summed E-state index contributed by atoms with van der Waals surface area (Å²) in [7, 11) is 1.65. The van der Waals surface area contributed by atoms with Crippen LogP contribution in [0.25, 0.3) is 17.7 Å². The summed E-state index contributed by atoms with van der Waals surface area (Å²) in [6, 6.07) is 16.1. The van der Waals surface area contributed by atoms with Crippen LogP contribution in [-0.2, 0) is 11.5 Å². The molecule has 37 heavy (non-hydrogen) atoms. The summed E-state index contributed by atoms with van der Waals surface area (Å²) in [5.41, 5.74) is 8.67. The molecule has 0 bridgehead atoms. The third-order valence-electron chi connectivity index (χ3n) is 6.45. The minimum Gasteiger partial charge on any atom is -0.493 e. The van der Waals surface area contributed by atoms with Crippen LogP contribution in [0.3, 0.4) is 0 Å². The molecule has 2 aliphatic rings. The van der Waals surface area contributed by atoms with Crippen LogP contribution in [0.1, 0.15) is 35.0 Å². The van der Waals surface area contributed by atoms with Crippen LogP contribution < -0.4 is 14.8 Å². The zero-order valence-corrected chi connectivity index (χ0v) is 21.9. The number of ether oxygens (including phenoxy) is 2. The van der Waals surface area contributed by atoms with E-state index >= 15 is 0 Å². The standard InChI is InChI=1S/C30H28ClN3O3/c1-4-37-27-17-21(8-14-26(27)36-3)7-13-24-16-20(2)30-29(25-6-5-15-33(25)19-34(24)30)22-9-11-23(12-10-22)32-28(35)18-31/h5-17H,4,18-19H2,1-3H3/p+1/b13-7+. The Kier molecular flexibility index (Phi) is 7.01. The first kappa shape index (κ1) is 24.7. The number of carbonyl (C=O) groups excluding carboxylic acids is 1. The second-order valence-electron chi connectivity index (χ2n) is 8.84. The van der Waals surface area contributed by atoms with Crippen molar-refractivity contribution in [1.29, 1.82) is 0 Å². The molecule has 5 rings (SSSR count). The van der Waals surface area contributed by atoms with E-state index in [0.717, 1.165) is 46.2 Å². The number of hydrogen-bond donors (Lipinski definition) is 1. The molecule has 2 aliphatic heterocycles. The summed E-state index contributed by atoms with van der Waals surface area (Å²) in [5.74, 6) is 1.17. The van der Waals surface area contributed by atoms with Gasteiger partial charge in [-0.25, -0.2) is 0 Å². The fourth-order valence-corrected chi connectivity index (χ4v) is 4.88. The van der Waals surface area contributed by atoms with Crippen LogP contribution >= 0.6 is 11.6 Å². The third-order valence-corrected chi connectivity index (χ3v) is 6.69. The van der Waals surface area contributed by atoms with Gasteiger partial charge in [-0.2, -0.15) is 4.58 Å². The van der Waals surface area contributed by atoms with Crippen molar-refractivity contribution in [3.63, 3.8) is 0 Å². The van der Waals surface area contributed by atoms with Crippen LogP contribution in [0.4, 0.5) is 5.69 Å². The van der Waals surface area contributed by atoms with Crippen molar-refractivity contribution in [2.24, 2.45) is 0 Å². The first-order valence-corrected chi connectivity index (χ1v) is 12.7. The van der Waals surface area contributed by atoms with Crippen molar-refractivity contribution in [1.82, 2.24) is 4.57 Å². The minimum atomic E-state index is -0.222. The van der Waals surface area contributed by atoms with Crippen LogP contribution in [0, 0.1) is 6.92 Å². The Balaban J connectivity index is 1.52. The molecule has 0 saturated heterocycles. The Morgan fingerprint density at radius 3 is 2.68 bits per heavy atom. The van der Waals surface area contributed by atoms with E-state index in [2.05, 4.69) is 58.0 Å². The maximum absolute atomic E-state index is 11.7. The Morgan fingerprint density at radius 2 is 1.95 bits per heavy atom. The van der Waals surface area contributed by atoms with Crippen molar-refractivity contribution in [3.8, 4) is 11.5 Å². The molecule has 0 unspecified atom stereocenters. The highest BCUT2D eigenvalue weighted by molar-refractivity contribution is 6.29. The number of benzene rings is 2. The van der Waals surface area contributed by atoms with E-state index in [1.165, 1.54) is 17.0 Å². The second kappa shape index (κ2) is 10.5. The van der Waals surface area contributed by atoms with Gasteiger partial charge in [0, 0.05) is 23.5 Å². The predicted molar refractivity (Wildman–Crippen MR) is 150 cm³/mol. The van der Waals surface area contributed by atoms with Gasteiger partial charge in [0.2, 0.25) is 18.3 Å². The zero-order valence-electron chi connectivity index (χ0n) is 21.1. The van der Waals surface area contributed by atoms with Gasteiger partial charge >= 0.3 is 0 Å². The molecule has 0 saturated carbocycles. The van der Waals surface area contributed by atoms with Gasteiger partial charge in [0.1, 0.15) is 5.88 Å². The van der Waals surface area contributed by atoms with Gasteiger partial charge in [-0.3, -0.25) is 9.36 Å². The number of alkyl halides is 1. The molecule has 1 aromatic heterocycles. The average Bonchev–Trinajstić information content (AvgIpc) is 3.51. The molecule has 0 atom stereocenters. The molecule has 7 heteroatoms. The number of methoxy groups -OCH3 is 1. The first-order chi connectivity index (χ1) is 18.0. The maximum atomic E-state index is 11.7. The molecule has 0 aliphatic carbocycles. The van der Waals surface area contributed by atoms with Crippen molar-refractivity contribution in [3.05, 3.63) is 94.5 Å². The molecule has 3 aromatic rings. The number of nitrogens with zero attached hydrogens (tertiary/aromatic N) is 2. The van der Waals surface area contributed by atoms with Crippen molar-refractivity contribution >= 4 is 47.1 Å². The summed E-state index contributed by atoms with van der Waals surface area (Å²) in [6.45, 7) is 5.42. The molecule has 3 heterocycles. The number of fused-ring (bicyclic) bond motifs is 2. The minimum absolute atomic E-state index is 0.0703. The lowest BCUT2D eigenvalue weighted by atomic mass is 9.96. The van der Waals surface area contributed by atoms with Crippen molar-refractivity contribution in [2.45, 2.75) is 20.5 Å². The molecular formula is C30H29ClN3O3+. The summed E-state index contributed by atoms with van der Waals surface area (Å²) in [5, 5.41) is 2.81. The molecule has 1 amide bonds. The lowest BCUT2D eigenvalue weighted by Crippen LogP contribution is -2.23. The van der Waals surface area contributed by atoms with E-state index in [1.807, 2.05) is 49.4 Å². The van der Waals surface area contributed by atoms with Crippen LogP contribution in [0.15, 0.2) is 66.4 Å². The number of nitrogens with one attached hydrogen (secondary N) is 1. The fraction of sp³-hybridized carbons (Fsp3) is 0.200. The quantitative estimate of drug-likeness (QED) is 0.299. The summed E-state index contributed by atoms with van der Waals surface area (Å²) >= 11 is 5.64. The highest BCUT2D eigenvalue weighted by Gasteiger charge is 2.32. The fourth-order valence-electron chi connectivity index (χ4n) is 4.82. The van der Waals surface area contributed by atoms with Gasteiger partial charge in [0.25, 0.3) is 0 Å². The largest absolute Gasteiger partial charge is 0.493 e. The number of halogens is 1. The number of anilines is 1. The first-order valence-electron chi connectivity index (χ1n) is 12.2.